The van der Waals surface area contributed by atoms with Crippen molar-refractivity contribution in [2.24, 2.45) is 5.92 Å². The normalized spacial score (nSPS) is 19.7. The summed E-state index contributed by atoms with van der Waals surface area (Å²) in [4.78, 5) is 11.1. The first-order valence-corrected chi connectivity index (χ1v) is 8.79. The van der Waals surface area contributed by atoms with Gasteiger partial charge in [-0.1, -0.05) is 18.2 Å². The molecule has 1 atom stereocenters. The van der Waals surface area contributed by atoms with Crippen LogP contribution in [0.4, 0.5) is 10.2 Å². The van der Waals surface area contributed by atoms with Gasteiger partial charge in [0.15, 0.2) is 0 Å². The van der Waals surface area contributed by atoms with Crippen molar-refractivity contribution >= 4 is 5.82 Å². The average Bonchev–Trinajstić information content (AvgIpc) is 3.24. The minimum absolute atomic E-state index is 0.0552. The predicted molar refractivity (Wildman–Crippen MR) is 94.9 cm³/mol. The van der Waals surface area contributed by atoms with E-state index in [1.165, 1.54) is 0 Å². The van der Waals surface area contributed by atoms with Gasteiger partial charge in [0.2, 0.25) is 0 Å². The Balaban J connectivity index is 1.44. The molecular weight excluding hydrogens is 315 g/mol. The number of imidazole rings is 1. The third-order valence-electron chi connectivity index (χ3n) is 5.55. The Morgan fingerprint density at radius 3 is 2.72 bits per heavy atom. The third-order valence-corrected chi connectivity index (χ3v) is 5.55. The second-order valence-electron chi connectivity index (χ2n) is 6.84. The molecule has 0 bridgehead atoms. The molecule has 1 unspecified atom stereocenters. The zero-order valence-corrected chi connectivity index (χ0v) is 13.8. The fourth-order valence-corrected chi connectivity index (χ4v) is 4.38. The molecule has 2 aromatic heterocycles. The third kappa shape index (κ3) is 2.26. The molecule has 5 rings (SSSR count). The molecule has 126 valence electrons. The molecule has 3 aromatic rings. The van der Waals surface area contributed by atoms with Crippen molar-refractivity contribution < 1.29 is 4.39 Å². The van der Waals surface area contributed by atoms with E-state index in [0.29, 0.717) is 5.92 Å². The number of benzene rings is 1. The summed E-state index contributed by atoms with van der Waals surface area (Å²) >= 11 is 0. The maximum absolute atomic E-state index is 14.6. The van der Waals surface area contributed by atoms with E-state index in [2.05, 4.69) is 25.5 Å². The van der Waals surface area contributed by atoms with Crippen LogP contribution in [-0.4, -0.2) is 27.6 Å². The topological polar surface area (TPSA) is 34.0 Å². The second-order valence-corrected chi connectivity index (χ2v) is 6.84. The van der Waals surface area contributed by atoms with Gasteiger partial charge in [0.1, 0.15) is 11.6 Å². The first kappa shape index (κ1) is 14.6. The lowest BCUT2D eigenvalue weighted by Crippen LogP contribution is -2.37. The van der Waals surface area contributed by atoms with Crippen molar-refractivity contribution in [3.05, 3.63) is 66.5 Å². The van der Waals surface area contributed by atoms with Gasteiger partial charge in [0.05, 0.1) is 24.3 Å². The van der Waals surface area contributed by atoms with Crippen LogP contribution < -0.4 is 4.90 Å². The highest BCUT2D eigenvalue weighted by molar-refractivity contribution is 5.69. The monoisotopic (exact) mass is 334 g/mol. The molecule has 25 heavy (non-hydrogen) atoms. The van der Waals surface area contributed by atoms with Crippen molar-refractivity contribution in [3.63, 3.8) is 0 Å². The fourth-order valence-electron chi connectivity index (χ4n) is 4.38. The van der Waals surface area contributed by atoms with E-state index in [-0.39, 0.29) is 11.9 Å². The molecule has 0 saturated carbocycles. The number of anilines is 1. The molecule has 5 heteroatoms. The van der Waals surface area contributed by atoms with Crippen molar-refractivity contribution in [2.75, 3.05) is 18.0 Å². The van der Waals surface area contributed by atoms with Gasteiger partial charge in [-0.15, -0.1) is 0 Å². The van der Waals surface area contributed by atoms with Crippen LogP contribution in [0.25, 0.3) is 11.3 Å². The maximum Gasteiger partial charge on any atom is 0.129 e. The van der Waals surface area contributed by atoms with Crippen LogP contribution in [0.2, 0.25) is 0 Å². The Hall–Kier alpha value is -2.69. The molecule has 1 fully saturated rings. The van der Waals surface area contributed by atoms with Crippen LogP contribution in [-0.2, 0) is 0 Å². The summed E-state index contributed by atoms with van der Waals surface area (Å²) < 4.78 is 16.8. The summed E-state index contributed by atoms with van der Waals surface area (Å²) in [6.07, 6.45) is 7.58. The molecular formula is C20H19FN4. The summed E-state index contributed by atoms with van der Waals surface area (Å²) in [7, 11) is 0. The van der Waals surface area contributed by atoms with Gasteiger partial charge in [-0.05, 0) is 37.0 Å². The van der Waals surface area contributed by atoms with Gasteiger partial charge in [-0.2, -0.15) is 0 Å². The Morgan fingerprint density at radius 2 is 1.92 bits per heavy atom. The predicted octanol–water partition coefficient (Wildman–Crippen LogP) is 3.90. The van der Waals surface area contributed by atoms with Crippen molar-refractivity contribution in [1.82, 2.24) is 14.5 Å². The van der Waals surface area contributed by atoms with Crippen LogP contribution in [0.15, 0.2) is 55.1 Å². The minimum Gasteiger partial charge on any atom is -0.357 e. The van der Waals surface area contributed by atoms with E-state index in [0.717, 1.165) is 48.6 Å². The largest absolute Gasteiger partial charge is 0.357 e. The molecule has 2 aliphatic rings. The number of rotatable bonds is 2. The summed E-state index contributed by atoms with van der Waals surface area (Å²) in [6.45, 7) is 1.90. The average molecular weight is 334 g/mol. The first-order chi connectivity index (χ1) is 12.3. The van der Waals surface area contributed by atoms with E-state index in [9.17, 15) is 4.39 Å². The van der Waals surface area contributed by atoms with Gasteiger partial charge in [0, 0.05) is 30.4 Å². The number of fused-ring (bicyclic) bond motifs is 3. The SMILES string of the molecule is Fc1cccc2c1C(C1CCN(c3ccccn3)CC1)n1cncc1-2. The molecule has 0 spiro atoms. The standard InChI is InChI=1S/C20H19FN4/c21-16-5-3-4-15-17-12-22-13-25(17)20(19(15)16)14-7-10-24(11-8-14)18-6-1-2-9-23-18/h1-6,9,12-14,20H,7-8,10-11H2. The summed E-state index contributed by atoms with van der Waals surface area (Å²) in [5.74, 6) is 1.34. The number of piperidine rings is 1. The van der Waals surface area contributed by atoms with Crippen molar-refractivity contribution in [3.8, 4) is 11.3 Å². The Labute approximate surface area is 146 Å². The van der Waals surface area contributed by atoms with E-state index in [1.807, 2.05) is 36.9 Å². The van der Waals surface area contributed by atoms with Gasteiger partial charge in [-0.3, -0.25) is 0 Å². The summed E-state index contributed by atoms with van der Waals surface area (Å²) in [5.41, 5.74) is 2.87. The number of hydrogen-bond donors (Lipinski definition) is 0. The number of aromatic nitrogens is 3. The molecule has 0 aliphatic carbocycles. The Morgan fingerprint density at radius 1 is 1.04 bits per heavy atom. The minimum atomic E-state index is -0.0987. The number of hydrogen-bond acceptors (Lipinski definition) is 3. The lowest BCUT2D eigenvalue weighted by atomic mass is 9.85. The maximum atomic E-state index is 14.6. The number of pyridine rings is 1. The van der Waals surface area contributed by atoms with Gasteiger partial charge < -0.3 is 9.47 Å². The lowest BCUT2D eigenvalue weighted by molar-refractivity contribution is 0.311. The van der Waals surface area contributed by atoms with Crippen molar-refractivity contribution in [2.45, 2.75) is 18.9 Å². The molecule has 0 radical (unpaired) electrons. The van der Waals surface area contributed by atoms with Gasteiger partial charge in [-0.25, -0.2) is 14.4 Å². The smallest absolute Gasteiger partial charge is 0.129 e. The van der Waals surface area contributed by atoms with Crippen LogP contribution in [0, 0.1) is 11.7 Å². The van der Waals surface area contributed by atoms with Gasteiger partial charge in [0.25, 0.3) is 0 Å². The molecule has 1 saturated heterocycles. The van der Waals surface area contributed by atoms with E-state index >= 15 is 0 Å². The van der Waals surface area contributed by atoms with Gasteiger partial charge >= 0.3 is 0 Å². The Bertz CT molecular complexity index is 897. The second kappa shape index (κ2) is 5.69. The highest BCUT2D eigenvalue weighted by Crippen LogP contribution is 2.46. The summed E-state index contributed by atoms with van der Waals surface area (Å²) in [5, 5.41) is 0. The molecule has 4 heterocycles. The molecule has 1 aromatic carbocycles. The van der Waals surface area contributed by atoms with Crippen LogP contribution >= 0.6 is 0 Å². The number of nitrogens with zero attached hydrogens (tertiary/aromatic N) is 4. The van der Waals surface area contributed by atoms with Crippen LogP contribution in [0.5, 0.6) is 0 Å². The fraction of sp³-hybridized carbons (Fsp3) is 0.300. The van der Waals surface area contributed by atoms with Crippen LogP contribution in [0.3, 0.4) is 0 Å². The number of halogens is 1. The summed E-state index contributed by atoms with van der Waals surface area (Å²) in [6, 6.07) is 11.4. The zero-order chi connectivity index (χ0) is 16.8. The molecule has 0 amide bonds. The first-order valence-electron chi connectivity index (χ1n) is 8.79. The molecule has 4 nitrogen and oxygen atoms in total. The molecule has 2 aliphatic heterocycles. The van der Waals surface area contributed by atoms with E-state index in [4.69, 9.17) is 0 Å². The molecule has 0 N–H and O–H groups in total. The van der Waals surface area contributed by atoms with E-state index < -0.39 is 0 Å². The zero-order valence-electron chi connectivity index (χ0n) is 13.8. The lowest BCUT2D eigenvalue weighted by Gasteiger charge is -2.36. The van der Waals surface area contributed by atoms with E-state index in [1.54, 1.807) is 12.1 Å². The van der Waals surface area contributed by atoms with Crippen molar-refractivity contribution in [1.29, 1.82) is 0 Å². The highest BCUT2D eigenvalue weighted by atomic mass is 19.1. The Kier molecular flexibility index (Phi) is 3.33. The highest BCUT2D eigenvalue weighted by Gasteiger charge is 2.37. The van der Waals surface area contributed by atoms with Crippen LogP contribution in [0.1, 0.15) is 24.4 Å². The quantitative estimate of drug-likeness (QED) is 0.713.